The molecule has 0 aromatic heterocycles. The van der Waals surface area contributed by atoms with Gasteiger partial charge in [-0.3, -0.25) is 0 Å². The molecule has 3 heteroatoms. The summed E-state index contributed by atoms with van der Waals surface area (Å²) in [6.07, 6.45) is 0.963. The molecule has 0 saturated heterocycles. The summed E-state index contributed by atoms with van der Waals surface area (Å²) in [6.45, 7) is 0.833. The Balaban J connectivity index is 1.87. The molecule has 0 saturated carbocycles. The quantitative estimate of drug-likeness (QED) is 0.844. The predicted octanol–water partition coefficient (Wildman–Crippen LogP) is 3.20. The van der Waals surface area contributed by atoms with Gasteiger partial charge in [-0.1, -0.05) is 54.7 Å². The van der Waals surface area contributed by atoms with Crippen molar-refractivity contribution in [3.63, 3.8) is 0 Å². The molecule has 98 valence electrons. The van der Waals surface area contributed by atoms with Crippen molar-refractivity contribution in [2.45, 2.75) is 6.42 Å². The second-order valence-corrected chi connectivity index (χ2v) is 4.63. The number of thiocarbonyl (C=S) groups is 1. The molecule has 19 heavy (non-hydrogen) atoms. The van der Waals surface area contributed by atoms with Crippen LogP contribution in [0.3, 0.4) is 0 Å². The number of ether oxygens (including phenoxy) is 1. The van der Waals surface area contributed by atoms with Gasteiger partial charge in [0.05, 0.1) is 7.11 Å². The van der Waals surface area contributed by atoms with E-state index in [2.05, 4.69) is 29.6 Å². The van der Waals surface area contributed by atoms with E-state index in [1.807, 2.05) is 30.3 Å². The van der Waals surface area contributed by atoms with E-state index in [0.29, 0.717) is 0 Å². The van der Waals surface area contributed by atoms with Crippen molar-refractivity contribution in [1.29, 1.82) is 0 Å². The Morgan fingerprint density at radius 2 is 1.89 bits per heavy atom. The van der Waals surface area contributed by atoms with Crippen LogP contribution < -0.4 is 10.1 Å². The van der Waals surface area contributed by atoms with Gasteiger partial charge >= 0.3 is 0 Å². The number of hydrogen-bond acceptors (Lipinski definition) is 2. The van der Waals surface area contributed by atoms with Crippen LogP contribution in [0.2, 0.25) is 0 Å². The molecule has 0 fully saturated rings. The molecule has 0 spiro atoms. The molecule has 0 aliphatic heterocycles. The van der Waals surface area contributed by atoms with E-state index < -0.39 is 0 Å². The van der Waals surface area contributed by atoms with Gasteiger partial charge in [-0.2, -0.15) is 0 Å². The van der Waals surface area contributed by atoms with Gasteiger partial charge in [0.1, 0.15) is 10.7 Å². The summed E-state index contributed by atoms with van der Waals surface area (Å²) in [5.74, 6) is 0.824. The lowest BCUT2D eigenvalue weighted by Crippen LogP contribution is -2.24. The SMILES string of the molecule is COc1cccc(C(=S)NCCc2ccccc2)c1. The van der Waals surface area contributed by atoms with Gasteiger partial charge in [-0.25, -0.2) is 0 Å². The first-order valence-electron chi connectivity index (χ1n) is 6.26. The Labute approximate surface area is 119 Å². The molecule has 0 unspecified atom stereocenters. The second-order valence-electron chi connectivity index (χ2n) is 4.22. The van der Waals surface area contributed by atoms with Crippen LogP contribution in [0.4, 0.5) is 0 Å². The minimum Gasteiger partial charge on any atom is -0.497 e. The van der Waals surface area contributed by atoms with Gasteiger partial charge in [0.25, 0.3) is 0 Å². The van der Waals surface area contributed by atoms with Crippen LogP contribution in [0.15, 0.2) is 54.6 Å². The maximum absolute atomic E-state index is 5.38. The highest BCUT2D eigenvalue weighted by Gasteiger charge is 2.02. The number of methoxy groups -OCH3 is 1. The first kappa shape index (κ1) is 13.6. The molecule has 2 rings (SSSR count). The lowest BCUT2D eigenvalue weighted by atomic mass is 10.1. The van der Waals surface area contributed by atoms with Crippen LogP contribution in [-0.4, -0.2) is 18.6 Å². The monoisotopic (exact) mass is 271 g/mol. The fourth-order valence-electron chi connectivity index (χ4n) is 1.83. The smallest absolute Gasteiger partial charge is 0.119 e. The summed E-state index contributed by atoms with van der Waals surface area (Å²) >= 11 is 5.38. The van der Waals surface area contributed by atoms with Gasteiger partial charge in [-0.05, 0) is 24.1 Å². The van der Waals surface area contributed by atoms with Crippen molar-refractivity contribution in [3.8, 4) is 5.75 Å². The molecule has 0 bridgehead atoms. The molecule has 0 aliphatic rings. The fraction of sp³-hybridized carbons (Fsp3) is 0.188. The standard InChI is InChI=1S/C16H17NOS/c1-18-15-9-5-8-14(12-15)16(19)17-11-10-13-6-3-2-4-7-13/h2-9,12H,10-11H2,1H3,(H,17,19). The summed E-state index contributed by atoms with van der Waals surface area (Å²) in [4.78, 5) is 0.759. The van der Waals surface area contributed by atoms with E-state index in [-0.39, 0.29) is 0 Å². The number of rotatable bonds is 5. The Kier molecular flexibility index (Phi) is 4.93. The van der Waals surface area contributed by atoms with Crippen LogP contribution in [0, 0.1) is 0 Å². The summed E-state index contributed by atoms with van der Waals surface area (Å²) in [6, 6.07) is 18.2. The highest BCUT2D eigenvalue weighted by molar-refractivity contribution is 7.80. The van der Waals surface area contributed by atoms with Crippen molar-refractivity contribution < 1.29 is 4.74 Å². The Morgan fingerprint density at radius 1 is 1.11 bits per heavy atom. The van der Waals surface area contributed by atoms with Gasteiger partial charge in [0.2, 0.25) is 0 Å². The van der Waals surface area contributed by atoms with Crippen LogP contribution in [0.5, 0.6) is 5.75 Å². The minimum absolute atomic E-state index is 0.759. The lowest BCUT2D eigenvalue weighted by molar-refractivity contribution is 0.414. The van der Waals surface area contributed by atoms with Crippen molar-refractivity contribution in [2.75, 3.05) is 13.7 Å². The van der Waals surface area contributed by atoms with Gasteiger partial charge in [0, 0.05) is 12.1 Å². The predicted molar refractivity (Wildman–Crippen MR) is 82.8 cm³/mol. The molecule has 2 aromatic carbocycles. The van der Waals surface area contributed by atoms with E-state index in [4.69, 9.17) is 17.0 Å². The topological polar surface area (TPSA) is 21.3 Å². The third-order valence-electron chi connectivity index (χ3n) is 2.87. The molecule has 0 amide bonds. The first-order valence-corrected chi connectivity index (χ1v) is 6.66. The molecule has 0 aliphatic carbocycles. The highest BCUT2D eigenvalue weighted by Crippen LogP contribution is 2.12. The molecule has 2 aromatic rings. The van der Waals surface area contributed by atoms with E-state index in [0.717, 1.165) is 29.3 Å². The lowest BCUT2D eigenvalue weighted by Gasteiger charge is -2.09. The molecule has 2 nitrogen and oxygen atoms in total. The second kappa shape index (κ2) is 6.90. The van der Waals surface area contributed by atoms with Gasteiger partial charge in [-0.15, -0.1) is 0 Å². The zero-order valence-electron chi connectivity index (χ0n) is 10.9. The molecular formula is C16H17NOS. The average molecular weight is 271 g/mol. The molecule has 0 radical (unpaired) electrons. The van der Waals surface area contributed by atoms with Crippen LogP contribution in [-0.2, 0) is 6.42 Å². The summed E-state index contributed by atoms with van der Waals surface area (Å²) in [7, 11) is 1.66. The summed E-state index contributed by atoms with van der Waals surface area (Å²) in [5, 5.41) is 3.27. The molecule has 0 atom stereocenters. The highest BCUT2D eigenvalue weighted by atomic mass is 32.1. The number of nitrogens with one attached hydrogen (secondary N) is 1. The number of hydrogen-bond donors (Lipinski definition) is 1. The van der Waals surface area contributed by atoms with Crippen molar-refractivity contribution in [1.82, 2.24) is 5.32 Å². The van der Waals surface area contributed by atoms with E-state index in [1.165, 1.54) is 5.56 Å². The van der Waals surface area contributed by atoms with Crippen LogP contribution >= 0.6 is 12.2 Å². The third kappa shape index (κ3) is 4.07. The van der Waals surface area contributed by atoms with E-state index >= 15 is 0 Å². The molecular weight excluding hydrogens is 254 g/mol. The van der Waals surface area contributed by atoms with Crippen LogP contribution in [0.25, 0.3) is 0 Å². The Bertz CT molecular complexity index is 539. The Morgan fingerprint density at radius 3 is 2.63 bits per heavy atom. The van der Waals surface area contributed by atoms with Crippen molar-refractivity contribution in [2.24, 2.45) is 0 Å². The average Bonchev–Trinajstić information content (AvgIpc) is 2.48. The first-order chi connectivity index (χ1) is 9.29. The van der Waals surface area contributed by atoms with Crippen molar-refractivity contribution >= 4 is 17.2 Å². The maximum Gasteiger partial charge on any atom is 0.119 e. The zero-order chi connectivity index (χ0) is 13.5. The molecule has 0 heterocycles. The normalized spacial score (nSPS) is 9.95. The largest absolute Gasteiger partial charge is 0.497 e. The number of benzene rings is 2. The van der Waals surface area contributed by atoms with Crippen molar-refractivity contribution in [3.05, 3.63) is 65.7 Å². The minimum atomic E-state index is 0.759. The maximum atomic E-state index is 5.38. The van der Waals surface area contributed by atoms with Crippen LogP contribution in [0.1, 0.15) is 11.1 Å². The third-order valence-corrected chi connectivity index (χ3v) is 3.25. The Hall–Kier alpha value is -1.87. The molecule has 1 N–H and O–H groups in total. The van der Waals surface area contributed by atoms with Gasteiger partial charge < -0.3 is 10.1 Å². The summed E-state index contributed by atoms with van der Waals surface area (Å²) < 4.78 is 5.19. The zero-order valence-corrected chi connectivity index (χ0v) is 11.7. The van der Waals surface area contributed by atoms with E-state index in [1.54, 1.807) is 7.11 Å². The summed E-state index contributed by atoms with van der Waals surface area (Å²) in [5.41, 5.74) is 2.30. The van der Waals surface area contributed by atoms with Gasteiger partial charge in [0.15, 0.2) is 0 Å². The fourth-order valence-corrected chi connectivity index (χ4v) is 2.06. The van der Waals surface area contributed by atoms with E-state index in [9.17, 15) is 0 Å².